The van der Waals surface area contributed by atoms with Crippen LogP contribution in [0, 0.1) is 0 Å². The minimum Gasteiger partial charge on any atom is -0.0652 e. The maximum Gasteiger partial charge on any atom is 0.464 e. The van der Waals surface area contributed by atoms with Crippen molar-refractivity contribution in [1.29, 1.82) is 0 Å². The van der Waals surface area contributed by atoms with Gasteiger partial charge in [0, 0.05) is 10.6 Å². The smallest absolute Gasteiger partial charge is 0.0652 e. The van der Waals surface area contributed by atoms with E-state index in [9.17, 15) is 4.21 Å². The normalized spacial score (nSPS) is 11.4. The lowest BCUT2D eigenvalue weighted by molar-refractivity contribution is 0.558. The molecule has 0 atom stereocenters. The Bertz CT molecular complexity index is 78.6. The Morgan fingerprint density at radius 3 is 2.12 bits per heavy atom. The summed E-state index contributed by atoms with van der Waals surface area (Å²) >= 11 is 0.702. The van der Waals surface area contributed by atoms with E-state index < -0.39 is 0 Å². The summed E-state index contributed by atoms with van der Waals surface area (Å²) < 4.78 is 10.2. The van der Waals surface area contributed by atoms with Crippen LogP contribution in [0.4, 0.5) is 0 Å². The maximum absolute atomic E-state index is 10.3. The average Bonchev–Trinajstić information content (AvgIpc) is 1.67. The molecule has 0 aromatic heterocycles. The third-order valence-corrected chi connectivity index (χ3v) is 1.73. The molecule has 0 saturated carbocycles. The van der Waals surface area contributed by atoms with Gasteiger partial charge in [-0.3, -0.25) is 0 Å². The third-order valence-electron chi connectivity index (χ3n) is 1.08. The molecular weight excluding hydrogens is 120 g/mol. The molecular formula is C6H13OS+. The van der Waals surface area contributed by atoms with E-state index >= 15 is 0 Å². The number of hydrogen-bond donors (Lipinski definition) is 0. The molecule has 0 spiro atoms. The van der Waals surface area contributed by atoms with Gasteiger partial charge in [0.05, 0.1) is 0 Å². The standard InChI is InChI=1S/C6H13OS/c1-4-5-6(2,3)8-7/h4-5H2,1-3H3/q+1. The second kappa shape index (κ2) is 3.13. The molecule has 0 heterocycles. The van der Waals surface area contributed by atoms with Crippen LogP contribution >= 0.6 is 0 Å². The minimum atomic E-state index is -0.0469. The van der Waals surface area contributed by atoms with Crippen LogP contribution in [0.2, 0.25) is 0 Å². The monoisotopic (exact) mass is 133 g/mol. The van der Waals surface area contributed by atoms with Crippen molar-refractivity contribution >= 4 is 11.7 Å². The van der Waals surface area contributed by atoms with Crippen LogP contribution in [0.15, 0.2) is 0 Å². The van der Waals surface area contributed by atoms with Crippen molar-refractivity contribution in [2.45, 2.75) is 38.4 Å². The highest BCUT2D eigenvalue weighted by Crippen LogP contribution is 2.12. The second-order valence-corrected chi connectivity index (χ2v) is 3.86. The van der Waals surface area contributed by atoms with E-state index in [1.807, 2.05) is 13.8 Å². The fourth-order valence-electron chi connectivity index (χ4n) is 0.644. The van der Waals surface area contributed by atoms with Crippen molar-refractivity contribution in [1.82, 2.24) is 0 Å². The Morgan fingerprint density at radius 2 is 2.00 bits per heavy atom. The molecule has 0 aliphatic carbocycles. The molecule has 0 fully saturated rings. The molecule has 8 heavy (non-hydrogen) atoms. The van der Waals surface area contributed by atoms with E-state index in [2.05, 4.69) is 6.92 Å². The molecule has 0 bridgehead atoms. The predicted molar refractivity (Wildman–Crippen MR) is 37.0 cm³/mol. The largest absolute Gasteiger partial charge is 0.464 e. The highest BCUT2D eigenvalue weighted by atomic mass is 32.1. The first-order chi connectivity index (χ1) is 3.62. The third kappa shape index (κ3) is 3.08. The Balaban J connectivity index is 3.53. The van der Waals surface area contributed by atoms with Crippen LogP contribution in [-0.4, -0.2) is 4.75 Å². The van der Waals surface area contributed by atoms with Crippen molar-refractivity contribution in [2.24, 2.45) is 0 Å². The summed E-state index contributed by atoms with van der Waals surface area (Å²) in [6, 6.07) is 0. The molecule has 0 saturated heterocycles. The highest BCUT2D eigenvalue weighted by molar-refractivity contribution is 7.67. The van der Waals surface area contributed by atoms with E-state index in [1.165, 1.54) is 0 Å². The topological polar surface area (TPSA) is 17.1 Å². The van der Waals surface area contributed by atoms with E-state index in [0.29, 0.717) is 11.7 Å². The molecule has 0 aromatic carbocycles. The zero-order valence-electron chi connectivity index (χ0n) is 5.73. The fraction of sp³-hybridized carbons (Fsp3) is 1.00. The molecule has 2 heteroatoms. The van der Waals surface area contributed by atoms with Crippen molar-refractivity contribution in [3.63, 3.8) is 0 Å². The first kappa shape index (κ1) is 8.02. The van der Waals surface area contributed by atoms with E-state index in [0.717, 1.165) is 12.8 Å². The van der Waals surface area contributed by atoms with Crippen LogP contribution in [0.1, 0.15) is 33.6 Å². The number of rotatable bonds is 3. The summed E-state index contributed by atoms with van der Waals surface area (Å²) in [5, 5.41) is 0. The highest BCUT2D eigenvalue weighted by Gasteiger charge is 2.30. The Kier molecular flexibility index (Phi) is 3.13. The van der Waals surface area contributed by atoms with Gasteiger partial charge in [0.1, 0.15) is 0 Å². The summed E-state index contributed by atoms with van der Waals surface area (Å²) in [5.41, 5.74) is 0. The van der Waals surface area contributed by atoms with Crippen LogP contribution in [-0.2, 0) is 15.9 Å². The zero-order valence-corrected chi connectivity index (χ0v) is 6.55. The molecule has 0 N–H and O–H groups in total. The van der Waals surface area contributed by atoms with Crippen molar-refractivity contribution in [3.8, 4) is 0 Å². The van der Waals surface area contributed by atoms with Crippen LogP contribution in [0.3, 0.4) is 0 Å². The van der Waals surface area contributed by atoms with E-state index in [4.69, 9.17) is 0 Å². The molecule has 0 amide bonds. The first-order valence-corrected chi connectivity index (χ1v) is 3.67. The van der Waals surface area contributed by atoms with Crippen LogP contribution in [0.5, 0.6) is 0 Å². The van der Waals surface area contributed by atoms with Gasteiger partial charge in [-0.1, -0.05) is 13.3 Å². The molecule has 48 valence electrons. The molecule has 0 radical (unpaired) electrons. The van der Waals surface area contributed by atoms with Gasteiger partial charge in [-0.2, -0.15) is 0 Å². The van der Waals surface area contributed by atoms with Gasteiger partial charge in [-0.05, 0) is 13.8 Å². The summed E-state index contributed by atoms with van der Waals surface area (Å²) in [6.07, 6.45) is 2.11. The lowest BCUT2D eigenvalue weighted by Gasteiger charge is -1.99. The summed E-state index contributed by atoms with van der Waals surface area (Å²) in [6.45, 7) is 6.06. The average molecular weight is 133 g/mol. The van der Waals surface area contributed by atoms with Gasteiger partial charge in [0.15, 0.2) is 0 Å². The van der Waals surface area contributed by atoms with Crippen LogP contribution in [0.25, 0.3) is 0 Å². The zero-order chi connectivity index (χ0) is 6.62. The Morgan fingerprint density at radius 1 is 1.50 bits per heavy atom. The van der Waals surface area contributed by atoms with Crippen molar-refractivity contribution in [3.05, 3.63) is 0 Å². The summed E-state index contributed by atoms with van der Waals surface area (Å²) in [7, 11) is 0. The molecule has 0 aliphatic heterocycles. The lowest BCUT2D eigenvalue weighted by atomic mass is 10.1. The second-order valence-electron chi connectivity index (χ2n) is 2.59. The summed E-state index contributed by atoms with van der Waals surface area (Å²) in [4.78, 5) is 0. The Hall–Kier alpha value is 0.0200. The van der Waals surface area contributed by atoms with E-state index in [1.54, 1.807) is 0 Å². The maximum atomic E-state index is 10.3. The minimum absolute atomic E-state index is 0.0469. The van der Waals surface area contributed by atoms with Crippen molar-refractivity contribution < 1.29 is 4.21 Å². The molecule has 0 rings (SSSR count). The van der Waals surface area contributed by atoms with Crippen LogP contribution < -0.4 is 0 Å². The van der Waals surface area contributed by atoms with Gasteiger partial charge in [0.25, 0.3) is 0 Å². The van der Waals surface area contributed by atoms with Gasteiger partial charge in [-0.15, -0.1) is 0 Å². The fourth-order valence-corrected chi connectivity index (χ4v) is 0.931. The first-order valence-electron chi connectivity index (χ1n) is 2.93. The van der Waals surface area contributed by atoms with Crippen molar-refractivity contribution in [2.75, 3.05) is 0 Å². The number of hydrogen-bond acceptors (Lipinski definition) is 1. The SMILES string of the molecule is CCCC(C)(C)[S+]=O. The van der Waals surface area contributed by atoms with E-state index in [-0.39, 0.29) is 4.75 Å². The Labute approximate surface area is 55.0 Å². The predicted octanol–water partition coefficient (Wildman–Crippen LogP) is 1.99. The van der Waals surface area contributed by atoms with Gasteiger partial charge in [0.2, 0.25) is 4.75 Å². The van der Waals surface area contributed by atoms with Gasteiger partial charge in [-0.25, -0.2) is 0 Å². The van der Waals surface area contributed by atoms with Gasteiger partial charge >= 0.3 is 11.7 Å². The van der Waals surface area contributed by atoms with Gasteiger partial charge < -0.3 is 0 Å². The summed E-state index contributed by atoms with van der Waals surface area (Å²) in [5.74, 6) is 0. The molecule has 0 unspecified atom stereocenters. The molecule has 0 aromatic rings. The molecule has 1 nitrogen and oxygen atoms in total. The lowest BCUT2D eigenvalue weighted by Crippen LogP contribution is -2.16. The molecule has 0 aliphatic rings. The quantitative estimate of drug-likeness (QED) is 0.538.